The Bertz CT molecular complexity index is 795. The summed E-state index contributed by atoms with van der Waals surface area (Å²) in [5, 5.41) is 22.1. The number of nitrogens with zero attached hydrogens (tertiary/aromatic N) is 1. The van der Waals surface area contributed by atoms with Gasteiger partial charge in [0.05, 0.1) is 6.04 Å². The molecule has 5 N–H and O–H groups in total. The van der Waals surface area contributed by atoms with Crippen molar-refractivity contribution in [1.29, 1.82) is 0 Å². The molecular weight excluding hydrogens is 558 g/mol. The number of nitrogens with one attached hydrogen (secondary N) is 1. The van der Waals surface area contributed by atoms with Gasteiger partial charge in [-0.1, -0.05) is 148 Å². The van der Waals surface area contributed by atoms with Crippen molar-refractivity contribution in [2.24, 2.45) is 5.73 Å². The van der Waals surface area contributed by atoms with E-state index < -0.39 is 6.04 Å². The Labute approximate surface area is 278 Å². The van der Waals surface area contributed by atoms with Crippen molar-refractivity contribution in [2.45, 2.75) is 180 Å². The monoisotopic (exact) mass is 632 g/mol. The molecule has 0 aliphatic carbocycles. The summed E-state index contributed by atoms with van der Waals surface area (Å²) in [5.41, 5.74) is 6.79. The number of benzene rings is 1. The molecule has 6 nitrogen and oxygen atoms in total. The third-order valence-corrected chi connectivity index (χ3v) is 9.19. The van der Waals surface area contributed by atoms with Crippen molar-refractivity contribution in [3.8, 4) is 11.5 Å². The van der Waals surface area contributed by atoms with E-state index in [1.54, 1.807) is 6.07 Å². The van der Waals surface area contributed by atoms with Gasteiger partial charge in [0.15, 0.2) is 11.5 Å². The van der Waals surface area contributed by atoms with Gasteiger partial charge < -0.3 is 26.2 Å². The van der Waals surface area contributed by atoms with Gasteiger partial charge in [-0.3, -0.25) is 4.79 Å². The van der Waals surface area contributed by atoms with E-state index in [1.165, 1.54) is 173 Å². The topological polar surface area (TPSA) is 98.8 Å². The predicted molar refractivity (Wildman–Crippen MR) is 193 cm³/mol. The van der Waals surface area contributed by atoms with Crippen molar-refractivity contribution >= 4 is 5.91 Å². The van der Waals surface area contributed by atoms with Crippen LogP contribution in [-0.2, 0) is 11.2 Å². The smallest absolute Gasteiger partial charge is 0.237 e. The summed E-state index contributed by atoms with van der Waals surface area (Å²) < 4.78 is 0. The highest BCUT2D eigenvalue weighted by molar-refractivity contribution is 5.81. The van der Waals surface area contributed by atoms with Crippen LogP contribution in [0.5, 0.6) is 11.5 Å². The molecule has 0 unspecified atom stereocenters. The summed E-state index contributed by atoms with van der Waals surface area (Å²) in [6.07, 6.45) is 32.7. The second-order valence-corrected chi connectivity index (χ2v) is 13.5. The molecule has 1 atom stereocenters. The average Bonchev–Trinajstić information content (AvgIpc) is 3.03. The SMILES string of the molecule is CCCCCCCCCCCCN(CCCCCCCCCCCC)CCCCCCNC(=O)[C@@H](N)Cc1ccc(O)c(O)c1. The molecule has 1 aromatic rings. The Morgan fingerprint density at radius 2 is 1.02 bits per heavy atom. The molecule has 0 aliphatic rings. The first kappa shape index (κ1) is 41.2. The number of hydrogen-bond acceptors (Lipinski definition) is 5. The molecule has 1 rings (SSSR count). The minimum atomic E-state index is -0.668. The Balaban J connectivity index is 2.21. The summed E-state index contributed by atoms with van der Waals surface area (Å²) in [4.78, 5) is 15.1. The Hall–Kier alpha value is -1.79. The fraction of sp³-hybridized carbons (Fsp3) is 0.821. The number of aromatic hydroxyl groups is 2. The number of rotatable bonds is 32. The van der Waals surface area contributed by atoms with E-state index >= 15 is 0 Å². The number of carbonyl (C=O) groups excluding carboxylic acids is 1. The van der Waals surface area contributed by atoms with E-state index in [2.05, 4.69) is 24.1 Å². The minimum Gasteiger partial charge on any atom is -0.504 e. The van der Waals surface area contributed by atoms with Crippen LogP contribution in [0, 0.1) is 0 Å². The van der Waals surface area contributed by atoms with Crippen molar-refractivity contribution in [1.82, 2.24) is 10.2 Å². The van der Waals surface area contributed by atoms with Crippen LogP contribution in [0.15, 0.2) is 18.2 Å². The van der Waals surface area contributed by atoms with Crippen LogP contribution >= 0.6 is 0 Å². The summed E-state index contributed by atoms with van der Waals surface area (Å²) >= 11 is 0. The predicted octanol–water partition coefficient (Wildman–Crippen LogP) is 9.79. The first-order chi connectivity index (χ1) is 22.0. The van der Waals surface area contributed by atoms with Crippen LogP contribution < -0.4 is 11.1 Å². The minimum absolute atomic E-state index is 0.165. The van der Waals surface area contributed by atoms with Gasteiger partial charge in [-0.15, -0.1) is 0 Å². The van der Waals surface area contributed by atoms with Crippen molar-refractivity contribution in [3.63, 3.8) is 0 Å². The molecule has 0 radical (unpaired) electrons. The van der Waals surface area contributed by atoms with Gasteiger partial charge in [0.1, 0.15) is 0 Å². The van der Waals surface area contributed by atoms with Crippen LogP contribution in [-0.4, -0.2) is 53.2 Å². The van der Waals surface area contributed by atoms with Crippen molar-refractivity contribution in [2.75, 3.05) is 26.2 Å². The Kier molecular flexibility index (Phi) is 27.1. The molecule has 0 saturated carbocycles. The van der Waals surface area contributed by atoms with Gasteiger partial charge in [-0.25, -0.2) is 0 Å². The third kappa shape index (κ3) is 24.1. The normalized spacial score (nSPS) is 12.2. The van der Waals surface area contributed by atoms with Crippen molar-refractivity contribution < 1.29 is 15.0 Å². The summed E-state index contributed by atoms with van der Waals surface area (Å²) in [7, 11) is 0. The van der Waals surface area contributed by atoms with Crippen LogP contribution in [0.3, 0.4) is 0 Å². The maximum absolute atomic E-state index is 12.4. The lowest BCUT2D eigenvalue weighted by Crippen LogP contribution is -2.42. The first-order valence-electron chi connectivity index (χ1n) is 19.2. The molecule has 0 bridgehead atoms. The van der Waals surface area contributed by atoms with Gasteiger partial charge in [0.25, 0.3) is 0 Å². The summed E-state index contributed by atoms with van der Waals surface area (Å²) in [6, 6.07) is 3.89. The second kappa shape index (κ2) is 29.6. The molecule has 0 aromatic heterocycles. The second-order valence-electron chi connectivity index (χ2n) is 13.5. The molecule has 262 valence electrons. The molecule has 0 heterocycles. The fourth-order valence-corrected chi connectivity index (χ4v) is 6.18. The molecule has 1 aromatic carbocycles. The summed E-state index contributed by atoms with van der Waals surface area (Å²) in [5.74, 6) is -0.523. The maximum atomic E-state index is 12.4. The highest BCUT2D eigenvalue weighted by atomic mass is 16.3. The summed E-state index contributed by atoms with van der Waals surface area (Å²) in [6.45, 7) is 8.93. The number of amides is 1. The zero-order valence-corrected chi connectivity index (χ0v) is 29.6. The van der Waals surface area contributed by atoms with E-state index in [4.69, 9.17) is 5.73 Å². The van der Waals surface area contributed by atoms with Crippen LogP contribution in [0.1, 0.15) is 174 Å². The lowest BCUT2D eigenvalue weighted by molar-refractivity contribution is -0.122. The van der Waals surface area contributed by atoms with Crippen molar-refractivity contribution in [3.05, 3.63) is 23.8 Å². The first-order valence-corrected chi connectivity index (χ1v) is 19.2. The molecule has 45 heavy (non-hydrogen) atoms. The lowest BCUT2D eigenvalue weighted by Gasteiger charge is -2.22. The molecular formula is C39H73N3O3. The highest BCUT2D eigenvalue weighted by Gasteiger charge is 2.14. The van der Waals surface area contributed by atoms with E-state index in [0.29, 0.717) is 13.0 Å². The Morgan fingerprint density at radius 3 is 1.44 bits per heavy atom. The highest BCUT2D eigenvalue weighted by Crippen LogP contribution is 2.25. The third-order valence-electron chi connectivity index (χ3n) is 9.19. The van der Waals surface area contributed by atoms with Gasteiger partial charge in [-0.2, -0.15) is 0 Å². The number of unbranched alkanes of at least 4 members (excludes halogenated alkanes) is 21. The molecule has 1 amide bonds. The zero-order chi connectivity index (χ0) is 32.8. The quantitative estimate of drug-likeness (QED) is 0.0469. The maximum Gasteiger partial charge on any atom is 0.237 e. The molecule has 0 spiro atoms. The number of hydrogen-bond donors (Lipinski definition) is 4. The zero-order valence-electron chi connectivity index (χ0n) is 29.6. The molecule has 0 fully saturated rings. The van der Waals surface area contributed by atoms with E-state index in [-0.39, 0.29) is 17.4 Å². The van der Waals surface area contributed by atoms with E-state index in [9.17, 15) is 15.0 Å². The van der Waals surface area contributed by atoms with E-state index in [0.717, 1.165) is 18.4 Å². The Morgan fingerprint density at radius 1 is 0.622 bits per heavy atom. The largest absolute Gasteiger partial charge is 0.504 e. The number of phenols is 2. The van der Waals surface area contributed by atoms with Gasteiger partial charge in [-0.05, 0) is 69.4 Å². The molecule has 0 saturated heterocycles. The fourth-order valence-electron chi connectivity index (χ4n) is 6.18. The molecule has 6 heteroatoms. The van der Waals surface area contributed by atoms with Crippen LogP contribution in [0.25, 0.3) is 0 Å². The molecule has 0 aliphatic heterocycles. The number of phenolic OH excluding ortho intramolecular Hbond substituents is 2. The van der Waals surface area contributed by atoms with Gasteiger partial charge >= 0.3 is 0 Å². The average molecular weight is 632 g/mol. The van der Waals surface area contributed by atoms with E-state index in [1.807, 2.05) is 0 Å². The lowest BCUT2D eigenvalue weighted by atomic mass is 10.1. The number of carbonyl (C=O) groups is 1. The number of nitrogens with two attached hydrogens (primary N) is 1. The van der Waals surface area contributed by atoms with Crippen LogP contribution in [0.4, 0.5) is 0 Å². The van der Waals surface area contributed by atoms with Gasteiger partial charge in [0, 0.05) is 6.54 Å². The standard InChI is InChI=1S/C39H73N3O3/c1-3-5-7-9-11-13-15-17-20-24-30-42(31-25-21-18-16-14-12-10-8-6-4-2)32-26-22-19-23-29-41-39(45)36(40)33-35-27-28-37(43)38(44)34-35/h27-28,34,36,43-44H,3-26,29-33,40H2,1-2H3,(H,41,45)/t36-/m0/s1. The van der Waals surface area contributed by atoms with Crippen LogP contribution in [0.2, 0.25) is 0 Å². The van der Waals surface area contributed by atoms with Gasteiger partial charge in [0.2, 0.25) is 5.91 Å².